The molecule has 0 aliphatic rings. The van der Waals surface area contributed by atoms with Gasteiger partial charge in [-0.3, -0.25) is 9.59 Å². The Hall–Kier alpha value is -2.95. The first-order valence-corrected chi connectivity index (χ1v) is 7.71. The van der Waals surface area contributed by atoms with Crippen molar-refractivity contribution in [2.24, 2.45) is 5.92 Å². The highest BCUT2D eigenvalue weighted by atomic mass is 19.1. The lowest BCUT2D eigenvalue weighted by Crippen LogP contribution is -2.26. The molecule has 0 bridgehead atoms. The van der Waals surface area contributed by atoms with Crippen LogP contribution in [0.2, 0.25) is 0 Å². The molecule has 0 atom stereocenters. The number of rotatable bonds is 6. The lowest BCUT2D eigenvalue weighted by molar-refractivity contribution is -0.158. The molecule has 0 fully saturated rings. The van der Waals surface area contributed by atoms with Crippen molar-refractivity contribution >= 4 is 17.5 Å². The fraction of sp³-hybridized carbons (Fsp3) is 0.200. The minimum atomic E-state index is -1.20. The second kappa shape index (κ2) is 8.78. The number of ether oxygens (including phenoxy) is 2. The SMILES string of the molecule is COC(=O)C(C/C(=C/F)c1ccc(-c2ccccc2)cc1)C(=O)OC. The van der Waals surface area contributed by atoms with Crippen LogP contribution < -0.4 is 0 Å². The van der Waals surface area contributed by atoms with Gasteiger partial charge in [0, 0.05) is 0 Å². The summed E-state index contributed by atoms with van der Waals surface area (Å²) in [5, 5.41) is 0. The third kappa shape index (κ3) is 4.53. The fourth-order valence-electron chi connectivity index (χ4n) is 2.50. The van der Waals surface area contributed by atoms with Gasteiger partial charge in [0.25, 0.3) is 0 Å². The molecule has 5 heteroatoms. The summed E-state index contributed by atoms with van der Waals surface area (Å²) in [5.74, 6) is -2.72. The third-order valence-corrected chi connectivity index (χ3v) is 3.89. The maximum atomic E-state index is 13.4. The number of hydrogen-bond donors (Lipinski definition) is 0. The second-order valence-corrected chi connectivity index (χ2v) is 5.38. The van der Waals surface area contributed by atoms with Crippen LogP contribution >= 0.6 is 0 Å². The molecule has 0 aliphatic heterocycles. The van der Waals surface area contributed by atoms with Crippen molar-refractivity contribution in [3.63, 3.8) is 0 Å². The van der Waals surface area contributed by atoms with E-state index in [9.17, 15) is 14.0 Å². The summed E-state index contributed by atoms with van der Waals surface area (Å²) in [6, 6.07) is 17.0. The molecule has 0 radical (unpaired) electrons. The monoisotopic (exact) mass is 342 g/mol. The largest absolute Gasteiger partial charge is 0.468 e. The van der Waals surface area contributed by atoms with E-state index < -0.39 is 17.9 Å². The molecule has 0 saturated carbocycles. The molecule has 2 aromatic rings. The third-order valence-electron chi connectivity index (χ3n) is 3.89. The number of carbonyl (C=O) groups excluding carboxylic acids is 2. The van der Waals surface area contributed by atoms with Crippen molar-refractivity contribution in [3.8, 4) is 11.1 Å². The molecule has 130 valence electrons. The molecule has 2 aromatic carbocycles. The molecule has 25 heavy (non-hydrogen) atoms. The minimum Gasteiger partial charge on any atom is -0.468 e. The molecule has 4 nitrogen and oxygen atoms in total. The topological polar surface area (TPSA) is 52.6 Å². The molecule has 0 aromatic heterocycles. The van der Waals surface area contributed by atoms with Gasteiger partial charge in [-0.25, -0.2) is 4.39 Å². The predicted molar refractivity (Wildman–Crippen MR) is 93.1 cm³/mol. The first-order valence-electron chi connectivity index (χ1n) is 7.71. The summed E-state index contributed by atoms with van der Waals surface area (Å²) in [7, 11) is 2.34. The molecule has 0 heterocycles. The minimum absolute atomic E-state index is 0.138. The standard InChI is InChI=1S/C20H19FO4/c1-24-19(22)18(20(23)25-2)12-17(13-21)16-10-8-15(9-11-16)14-6-4-3-5-7-14/h3-11,13,18H,12H2,1-2H3/b17-13-. The van der Waals surface area contributed by atoms with Crippen LogP contribution in [0.5, 0.6) is 0 Å². The Labute approximate surface area is 145 Å². The molecule has 0 unspecified atom stereocenters. The summed E-state index contributed by atoms with van der Waals surface area (Å²) < 4.78 is 22.6. The Kier molecular flexibility index (Phi) is 6.46. The van der Waals surface area contributed by atoms with Crippen LogP contribution in [0, 0.1) is 5.92 Å². The average molecular weight is 342 g/mol. The van der Waals surface area contributed by atoms with E-state index in [2.05, 4.69) is 9.47 Å². The predicted octanol–water partition coefficient (Wildman–Crippen LogP) is 4.02. The molecular weight excluding hydrogens is 323 g/mol. The quantitative estimate of drug-likeness (QED) is 0.588. The van der Waals surface area contributed by atoms with E-state index >= 15 is 0 Å². The number of halogens is 1. The van der Waals surface area contributed by atoms with Crippen molar-refractivity contribution in [1.82, 2.24) is 0 Å². The van der Waals surface area contributed by atoms with Gasteiger partial charge in [-0.15, -0.1) is 0 Å². The van der Waals surface area contributed by atoms with Crippen LogP contribution in [-0.2, 0) is 19.1 Å². The van der Waals surface area contributed by atoms with Gasteiger partial charge in [0.15, 0.2) is 5.92 Å². The highest BCUT2D eigenvalue weighted by Crippen LogP contribution is 2.27. The summed E-state index contributed by atoms with van der Waals surface area (Å²) in [5.41, 5.74) is 2.84. The number of methoxy groups -OCH3 is 2. The van der Waals surface area contributed by atoms with E-state index in [1.54, 1.807) is 12.1 Å². The molecule has 2 rings (SSSR count). The van der Waals surface area contributed by atoms with E-state index in [1.165, 1.54) is 14.2 Å². The molecule has 0 spiro atoms. The smallest absolute Gasteiger partial charge is 0.320 e. The molecule has 0 aliphatic carbocycles. The first-order chi connectivity index (χ1) is 12.1. The van der Waals surface area contributed by atoms with Gasteiger partial charge in [0.1, 0.15) is 0 Å². The maximum Gasteiger partial charge on any atom is 0.320 e. The zero-order valence-electron chi connectivity index (χ0n) is 14.1. The van der Waals surface area contributed by atoms with E-state index in [4.69, 9.17) is 0 Å². The van der Waals surface area contributed by atoms with Crippen LogP contribution in [0.1, 0.15) is 12.0 Å². The van der Waals surface area contributed by atoms with E-state index in [1.807, 2.05) is 42.5 Å². The Morgan fingerprint density at radius 2 is 1.44 bits per heavy atom. The molecule has 0 amide bonds. The zero-order chi connectivity index (χ0) is 18.2. The van der Waals surface area contributed by atoms with Gasteiger partial charge >= 0.3 is 11.9 Å². The van der Waals surface area contributed by atoms with Gasteiger partial charge in [-0.1, -0.05) is 54.6 Å². The average Bonchev–Trinajstić information content (AvgIpc) is 2.68. The van der Waals surface area contributed by atoms with Crippen LogP contribution in [0.25, 0.3) is 16.7 Å². The van der Waals surface area contributed by atoms with Crippen LogP contribution in [0.4, 0.5) is 4.39 Å². The highest BCUT2D eigenvalue weighted by Gasteiger charge is 2.30. The Bertz CT molecular complexity index is 735. The lowest BCUT2D eigenvalue weighted by Gasteiger charge is -2.14. The summed E-state index contributed by atoms with van der Waals surface area (Å²) in [6.45, 7) is 0. The normalized spacial score (nSPS) is 11.3. The van der Waals surface area contributed by atoms with Crippen molar-refractivity contribution in [3.05, 3.63) is 66.5 Å². The number of allylic oxidation sites excluding steroid dienone is 1. The molecule has 0 N–H and O–H groups in total. The Morgan fingerprint density at radius 3 is 1.92 bits per heavy atom. The van der Waals surface area contributed by atoms with Crippen molar-refractivity contribution in [2.45, 2.75) is 6.42 Å². The fourth-order valence-corrected chi connectivity index (χ4v) is 2.50. The number of esters is 2. The van der Waals surface area contributed by atoms with E-state index in [-0.39, 0.29) is 12.0 Å². The van der Waals surface area contributed by atoms with Gasteiger partial charge < -0.3 is 9.47 Å². The van der Waals surface area contributed by atoms with Gasteiger partial charge in [-0.05, 0) is 28.7 Å². The van der Waals surface area contributed by atoms with Crippen LogP contribution in [-0.4, -0.2) is 26.2 Å². The van der Waals surface area contributed by atoms with Crippen LogP contribution in [0.3, 0.4) is 0 Å². The Balaban J connectivity index is 2.23. The number of benzene rings is 2. The zero-order valence-corrected chi connectivity index (χ0v) is 14.1. The number of hydrogen-bond acceptors (Lipinski definition) is 4. The van der Waals surface area contributed by atoms with Crippen molar-refractivity contribution in [2.75, 3.05) is 14.2 Å². The van der Waals surface area contributed by atoms with Gasteiger partial charge in [0.05, 0.1) is 20.5 Å². The summed E-state index contributed by atoms with van der Waals surface area (Å²) in [4.78, 5) is 23.5. The van der Waals surface area contributed by atoms with E-state index in [0.717, 1.165) is 11.1 Å². The highest BCUT2D eigenvalue weighted by molar-refractivity contribution is 5.96. The van der Waals surface area contributed by atoms with E-state index in [0.29, 0.717) is 11.9 Å². The van der Waals surface area contributed by atoms with Gasteiger partial charge in [0.2, 0.25) is 0 Å². The number of carbonyl (C=O) groups is 2. The molecule has 0 saturated heterocycles. The Morgan fingerprint density at radius 1 is 0.920 bits per heavy atom. The summed E-state index contributed by atoms with van der Waals surface area (Å²) >= 11 is 0. The van der Waals surface area contributed by atoms with Crippen LogP contribution in [0.15, 0.2) is 60.9 Å². The van der Waals surface area contributed by atoms with Crippen molar-refractivity contribution in [1.29, 1.82) is 0 Å². The first kappa shape index (κ1) is 18.4. The van der Waals surface area contributed by atoms with Crippen molar-refractivity contribution < 1.29 is 23.5 Å². The van der Waals surface area contributed by atoms with Gasteiger partial charge in [-0.2, -0.15) is 0 Å². The molecular formula is C20H19FO4. The maximum absolute atomic E-state index is 13.4. The summed E-state index contributed by atoms with van der Waals surface area (Å²) in [6.07, 6.45) is 0.261. The lowest BCUT2D eigenvalue weighted by atomic mass is 9.94. The second-order valence-electron chi connectivity index (χ2n) is 5.38.